The monoisotopic (exact) mass is 571 g/mol. The van der Waals surface area contributed by atoms with Gasteiger partial charge in [-0.2, -0.15) is 5.01 Å². The second-order valence-corrected chi connectivity index (χ2v) is 10.7. The van der Waals surface area contributed by atoms with Gasteiger partial charge in [0.25, 0.3) is 5.91 Å². The van der Waals surface area contributed by atoms with Crippen LogP contribution in [0.5, 0.6) is 0 Å². The van der Waals surface area contributed by atoms with Crippen LogP contribution in [-0.2, 0) is 11.3 Å². The van der Waals surface area contributed by atoms with Crippen molar-refractivity contribution in [1.29, 1.82) is 0 Å². The molecule has 3 N–H and O–H groups in total. The number of nitrogens with zero attached hydrogens (tertiary/aromatic N) is 4. The molecule has 9 nitrogen and oxygen atoms in total. The van der Waals surface area contributed by atoms with Gasteiger partial charge in [-0.15, -0.1) is 0 Å². The van der Waals surface area contributed by atoms with E-state index in [1.54, 1.807) is 24.5 Å². The number of rotatable bonds is 6. The van der Waals surface area contributed by atoms with E-state index in [9.17, 15) is 9.59 Å². The van der Waals surface area contributed by atoms with Crippen LogP contribution in [0.25, 0.3) is 0 Å². The first-order chi connectivity index (χ1) is 21.0. The molecule has 2 aromatic carbocycles. The number of piperidine rings is 1. The van der Waals surface area contributed by atoms with Crippen LogP contribution in [0.2, 0.25) is 0 Å². The minimum atomic E-state index is -0.563. The number of hydrazine groups is 1. The van der Waals surface area contributed by atoms with Gasteiger partial charge in [0.15, 0.2) is 0 Å². The highest BCUT2D eigenvalue weighted by Crippen LogP contribution is 2.37. The zero-order valence-electron chi connectivity index (χ0n) is 24.0. The number of anilines is 2. The van der Waals surface area contributed by atoms with Crippen molar-refractivity contribution < 1.29 is 9.59 Å². The summed E-state index contributed by atoms with van der Waals surface area (Å²) in [6.45, 7) is 2.40. The summed E-state index contributed by atoms with van der Waals surface area (Å²) >= 11 is 0. The highest BCUT2D eigenvalue weighted by molar-refractivity contribution is 5.95. The van der Waals surface area contributed by atoms with Gasteiger partial charge in [-0.1, -0.05) is 54.3 Å². The van der Waals surface area contributed by atoms with Gasteiger partial charge in [0.2, 0.25) is 5.91 Å². The Kier molecular flexibility index (Phi) is 8.40. The third-order valence-electron chi connectivity index (χ3n) is 7.75. The Balaban J connectivity index is 1.17. The number of benzene rings is 2. The van der Waals surface area contributed by atoms with Crippen molar-refractivity contribution in [3.63, 3.8) is 0 Å². The molecule has 6 rings (SSSR count). The maximum Gasteiger partial charge on any atom is 0.270 e. The Morgan fingerprint density at radius 2 is 1.70 bits per heavy atom. The molecular weight excluding hydrogens is 538 g/mol. The number of amides is 2. The molecule has 1 saturated heterocycles. The van der Waals surface area contributed by atoms with E-state index in [2.05, 4.69) is 43.8 Å². The van der Waals surface area contributed by atoms with Gasteiger partial charge in [0, 0.05) is 43.2 Å². The van der Waals surface area contributed by atoms with Crippen molar-refractivity contribution in [2.75, 3.05) is 30.5 Å². The van der Waals surface area contributed by atoms with Crippen LogP contribution in [0.3, 0.4) is 0 Å². The molecule has 1 atom stereocenters. The number of fused-ring (bicyclic) bond motifs is 1. The zero-order valence-corrected chi connectivity index (χ0v) is 24.0. The quantitative estimate of drug-likeness (QED) is 0.302. The summed E-state index contributed by atoms with van der Waals surface area (Å²) in [4.78, 5) is 34.8. The lowest BCUT2D eigenvalue weighted by atomic mass is 10.1. The minimum absolute atomic E-state index is 0.153. The fraction of sp³-hybridized carbons (Fsp3) is 0.235. The Morgan fingerprint density at radius 1 is 0.930 bits per heavy atom. The lowest BCUT2D eigenvalue weighted by Gasteiger charge is -2.33. The van der Waals surface area contributed by atoms with Crippen molar-refractivity contribution in [3.05, 3.63) is 119 Å². The Hall–Kier alpha value is -5.04. The van der Waals surface area contributed by atoms with Crippen molar-refractivity contribution in [3.8, 4) is 11.8 Å². The van der Waals surface area contributed by atoms with Crippen LogP contribution in [0.4, 0.5) is 11.5 Å². The second-order valence-electron chi connectivity index (χ2n) is 10.7. The first kappa shape index (κ1) is 28.1. The van der Waals surface area contributed by atoms with E-state index in [0.717, 1.165) is 53.9 Å². The first-order valence-electron chi connectivity index (χ1n) is 14.4. The van der Waals surface area contributed by atoms with E-state index >= 15 is 0 Å². The number of carbonyl (C=O) groups is 2. The zero-order chi connectivity index (χ0) is 29.6. The highest BCUT2D eigenvalue weighted by atomic mass is 16.2. The average molecular weight is 572 g/mol. The van der Waals surface area contributed by atoms with Crippen LogP contribution in [0.1, 0.15) is 51.6 Å². The van der Waals surface area contributed by atoms with E-state index in [4.69, 9.17) is 0 Å². The number of nitrogens with one attached hydrogen (secondary N) is 3. The summed E-state index contributed by atoms with van der Waals surface area (Å²) in [5.74, 6) is 6.59. The summed E-state index contributed by atoms with van der Waals surface area (Å²) in [5.41, 5.74) is 4.93. The van der Waals surface area contributed by atoms with Crippen molar-refractivity contribution >= 4 is 23.3 Å². The fourth-order valence-corrected chi connectivity index (χ4v) is 5.46. The fourth-order valence-electron chi connectivity index (χ4n) is 5.46. The van der Waals surface area contributed by atoms with E-state index in [0.29, 0.717) is 18.1 Å². The summed E-state index contributed by atoms with van der Waals surface area (Å²) in [6.07, 6.45) is 5.14. The van der Waals surface area contributed by atoms with E-state index < -0.39 is 6.04 Å². The van der Waals surface area contributed by atoms with Gasteiger partial charge < -0.3 is 21.0 Å². The van der Waals surface area contributed by atoms with Gasteiger partial charge in [-0.3, -0.25) is 9.59 Å². The second kappa shape index (κ2) is 12.9. The molecule has 43 heavy (non-hydrogen) atoms. The third kappa shape index (κ3) is 6.56. The Labute approximate surface area is 251 Å². The van der Waals surface area contributed by atoms with Crippen LogP contribution >= 0.6 is 0 Å². The molecule has 1 unspecified atom stereocenters. The molecule has 2 amide bonds. The van der Waals surface area contributed by atoms with E-state index in [1.165, 1.54) is 0 Å². The predicted octanol–water partition coefficient (Wildman–Crippen LogP) is 3.91. The topological polar surface area (TPSA) is 102 Å². The molecule has 2 aromatic heterocycles. The normalized spacial score (nSPS) is 15.6. The van der Waals surface area contributed by atoms with E-state index in [-0.39, 0.29) is 17.9 Å². The first-order valence-corrected chi connectivity index (χ1v) is 14.4. The summed E-state index contributed by atoms with van der Waals surface area (Å²) in [5, 5.41) is 13.4. The molecule has 0 radical (unpaired) electrons. The lowest BCUT2D eigenvalue weighted by Crippen LogP contribution is -2.43. The third-order valence-corrected chi connectivity index (χ3v) is 7.75. The maximum absolute atomic E-state index is 13.6. The molecule has 4 heterocycles. The number of hydrogen-bond donors (Lipinski definition) is 3. The molecule has 4 aromatic rings. The number of carbonyl (C=O) groups excluding carboxylic acids is 2. The molecule has 0 bridgehead atoms. The van der Waals surface area contributed by atoms with Crippen molar-refractivity contribution in [1.82, 2.24) is 25.6 Å². The van der Waals surface area contributed by atoms with Crippen LogP contribution in [0, 0.1) is 11.8 Å². The number of aromatic nitrogens is 2. The largest absolute Gasteiger partial charge is 0.348 e. The molecule has 2 aliphatic rings. The Bertz CT molecular complexity index is 1640. The number of pyridine rings is 2. The lowest BCUT2D eigenvalue weighted by molar-refractivity contribution is -0.121. The molecule has 0 saturated carbocycles. The van der Waals surface area contributed by atoms with Crippen molar-refractivity contribution in [2.24, 2.45) is 0 Å². The molecule has 9 heteroatoms. The number of hydrogen-bond acceptors (Lipinski definition) is 7. The van der Waals surface area contributed by atoms with E-state index in [1.807, 2.05) is 77.7 Å². The smallest absolute Gasteiger partial charge is 0.270 e. The molecule has 1 fully saturated rings. The Morgan fingerprint density at radius 3 is 2.44 bits per heavy atom. The molecular formula is C34H33N7O2. The van der Waals surface area contributed by atoms with Crippen LogP contribution in [-0.4, -0.2) is 53.0 Å². The van der Waals surface area contributed by atoms with Gasteiger partial charge in [0.1, 0.15) is 17.6 Å². The average Bonchev–Trinajstić information content (AvgIpc) is 3.36. The predicted molar refractivity (Wildman–Crippen MR) is 166 cm³/mol. The summed E-state index contributed by atoms with van der Waals surface area (Å²) in [7, 11) is 1.96. The van der Waals surface area contributed by atoms with Gasteiger partial charge in [-0.25, -0.2) is 9.97 Å². The van der Waals surface area contributed by atoms with Crippen molar-refractivity contribution in [2.45, 2.75) is 31.5 Å². The van der Waals surface area contributed by atoms with Gasteiger partial charge >= 0.3 is 0 Å². The summed E-state index contributed by atoms with van der Waals surface area (Å²) < 4.78 is 0. The van der Waals surface area contributed by atoms with Crippen LogP contribution < -0.4 is 21.0 Å². The minimum Gasteiger partial charge on any atom is -0.348 e. The highest BCUT2D eigenvalue weighted by Gasteiger charge is 2.36. The maximum atomic E-state index is 13.6. The standard InChI is InChI=1S/C34H33N7O2/c1-40-30-21-24(10-11-25-13-15-29(37-22-25)33(42)38-28-16-19-35-20-17-28)12-14-27(30)23-41(40)32(26-7-3-2-4-8-26)34(43)39-31-9-5-6-18-36-31/h2-9,12-15,18,21-22,28,32,35H,16-17,19-20,23H2,1H3,(H,38,42)(H,36,39,43). The molecule has 0 spiro atoms. The van der Waals surface area contributed by atoms with Crippen LogP contribution in [0.15, 0.2) is 91.3 Å². The molecule has 2 aliphatic heterocycles. The van der Waals surface area contributed by atoms with Gasteiger partial charge in [-0.05, 0) is 73.5 Å². The summed E-state index contributed by atoms with van der Waals surface area (Å²) in [6, 6.07) is 24.4. The molecule has 216 valence electrons. The molecule has 0 aliphatic carbocycles. The van der Waals surface area contributed by atoms with Gasteiger partial charge in [0.05, 0.1) is 5.69 Å². The SMILES string of the molecule is CN1c2cc(C#Cc3ccc(C(=O)NC4CCNCC4)nc3)ccc2CN1C(C(=O)Nc1ccccn1)c1ccccc1.